The lowest BCUT2D eigenvalue weighted by molar-refractivity contribution is -0.121. The second-order valence-electron chi connectivity index (χ2n) is 8.76. The highest BCUT2D eigenvalue weighted by molar-refractivity contribution is 5.77. The molecule has 1 aromatic heterocycles. The Morgan fingerprint density at radius 2 is 1.55 bits per heavy atom. The van der Waals surface area contributed by atoms with Crippen LogP contribution < -0.4 is 5.32 Å². The Bertz CT molecular complexity index is 1230. The maximum absolute atomic E-state index is 12.7. The highest BCUT2D eigenvalue weighted by atomic mass is 16.1. The van der Waals surface area contributed by atoms with E-state index in [2.05, 4.69) is 63.4 Å². The van der Waals surface area contributed by atoms with Gasteiger partial charge in [-0.25, -0.2) is 4.98 Å². The van der Waals surface area contributed by atoms with Crippen LogP contribution in [0.1, 0.15) is 46.9 Å². The molecule has 0 fully saturated rings. The van der Waals surface area contributed by atoms with Crippen molar-refractivity contribution < 1.29 is 4.79 Å². The van der Waals surface area contributed by atoms with Crippen LogP contribution in [0.5, 0.6) is 0 Å². The average Bonchev–Trinajstić information content (AvgIpc) is 3.25. The van der Waals surface area contributed by atoms with Crippen molar-refractivity contribution >= 4 is 16.9 Å². The zero-order valence-electron chi connectivity index (χ0n) is 17.4. The third-order valence-corrected chi connectivity index (χ3v) is 7.09. The molecule has 1 unspecified atom stereocenters. The zero-order chi connectivity index (χ0) is 20.8. The summed E-state index contributed by atoms with van der Waals surface area (Å²) in [5.74, 6) is 1.36. The number of nitrogens with one attached hydrogen (secondary N) is 1. The third kappa shape index (κ3) is 3.05. The molecule has 154 valence electrons. The number of aryl methyl sites for hydroxylation is 1. The molecule has 3 aliphatic carbocycles. The molecule has 4 heteroatoms. The largest absolute Gasteiger partial charge is 0.356 e. The zero-order valence-corrected chi connectivity index (χ0v) is 17.4. The van der Waals surface area contributed by atoms with E-state index in [-0.39, 0.29) is 5.91 Å². The van der Waals surface area contributed by atoms with E-state index in [4.69, 9.17) is 0 Å². The van der Waals surface area contributed by atoms with Crippen molar-refractivity contribution in [2.75, 3.05) is 6.54 Å². The number of amides is 1. The molecular formula is C27H25N3O. The topological polar surface area (TPSA) is 46.9 Å². The molecule has 1 amide bonds. The van der Waals surface area contributed by atoms with Crippen LogP contribution in [0.25, 0.3) is 11.0 Å². The second kappa shape index (κ2) is 7.38. The Balaban J connectivity index is 1.16. The molecule has 1 heterocycles. The number of aromatic nitrogens is 2. The summed E-state index contributed by atoms with van der Waals surface area (Å²) in [5.41, 5.74) is 7.89. The van der Waals surface area contributed by atoms with Gasteiger partial charge in [0.1, 0.15) is 0 Å². The van der Waals surface area contributed by atoms with Crippen LogP contribution in [0.2, 0.25) is 0 Å². The highest BCUT2D eigenvalue weighted by Crippen LogP contribution is 2.55. The van der Waals surface area contributed by atoms with Gasteiger partial charge in [0, 0.05) is 31.3 Å². The van der Waals surface area contributed by atoms with E-state index < -0.39 is 0 Å². The molecule has 0 spiro atoms. The highest BCUT2D eigenvalue weighted by Gasteiger charge is 2.42. The molecule has 0 aliphatic heterocycles. The molecule has 2 bridgehead atoms. The van der Waals surface area contributed by atoms with Crippen molar-refractivity contribution in [3.05, 3.63) is 101 Å². The average molecular weight is 408 g/mol. The summed E-state index contributed by atoms with van der Waals surface area (Å²) in [5, 5.41) is 3.24. The Morgan fingerprint density at radius 3 is 2.29 bits per heavy atom. The number of nitrogens with zero attached hydrogens (tertiary/aromatic N) is 2. The molecule has 1 atom stereocenters. The van der Waals surface area contributed by atoms with Crippen molar-refractivity contribution in [3.63, 3.8) is 0 Å². The Labute approximate surface area is 181 Å². The van der Waals surface area contributed by atoms with Gasteiger partial charge < -0.3 is 9.88 Å². The third-order valence-electron chi connectivity index (χ3n) is 7.09. The maximum Gasteiger partial charge on any atom is 0.221 e. The lowest BCUT2D eigenvalue weighted by Gasteiger charge is -2.45. The van der Waals surface area contributed by atoms with E-state index >= 15 is 0 Å². The Kier molecular flexibility index (Phi) is 4.37. The molecule has 3 aliphatic rings. The van der Waals surface area contributed by atoms with Gasteiger partial charge in [0.15, 0.2) is 0 Å². The monoisotopic (exact) mass is 407 g/mol. The van der Waals surface area contributed by atoms with Crippen molar-refractivity contribution in [2.45, 2.75) is 31.2 Å². The van der Waals surface area contributed by atoms with Crippen LogP contribution in [0.15, 0.2) is 79.1 Å². The summed E-state index contributed by atoms with van der Waals surface area (Å²) in [4.78, 5) is 17.1. The van der Waals surface area contributed by atoms with Crippen molar-refractivity contribution in [1.29, 1.82) is 0 Å². The SMILES string of the molecule is O=C(CCn1cnc2ccccc21)NCC1CC2c3ccccc3C1c1ccccc12. The summed E-state index contributed by atoms with van der Waals surface area (Å²) >= 11 is 0. The fraction of sp³-hybridized carbons (Fsp3) is 0.259. The molecular weight excluding hydrogens is 382 g/mol. The summed E-state index contributed by atoms with van der Waals surface area (Å²) in [6.07, 6.45) is 3.39. The Hall–Kier alpha value is -3.40. The van der Waals surface area contributed by atoms with Gasteiger partial charge in [-0.15, -0.1) is 0 Å². The molecule has 7 rings (SSSR count). The molecule has 4 nitrogen and oxygen atoms in total. The van der Waals surface area contributed by atoms with E-state index in [1.165, 1.54) is 22.3 Å². The van der Waals surface area contributed by atoms with E-state index in [1.807, 2.05) is 30.6 Å². The van der Waals surface area contributed by atoms with Gasteiger partial charge >= 0.3 is 0 Å². The lowest BCUT2D eigenvalue weighted by atomic mass is 9.59. The van der Waals surface area contributed by atoms with Gasteiger partial charge in [-0.1, -0.05) is 60.7 Å². The number of rotatable bonds is 5. The minimum absolute atomic E-state index is 0.112. The molecule has 31 heavy (non-hydrogen) atoms. The smallest absolute Gasteiger partial charge is 0.221 e. The molecule has 3 aromatic carbocycles. The van der Waals surface area contributed by atoms with Gasteiger partial charge in [0.2, 0.25) is 5.91 Å². The van der Waals surface area contributed by atoms with Crippen molar-refractivity contribution in [3.8, 4) is 0 Å². The second-order valence-corrected chi connectivity index (χ2v) is 8.76. The van der Waals surface area contributed by atoms with Crippen LogP contribution in [0.3, 0.4) is 0 Å². The van der Waals surface area contributed by atoms with E-state index in [0.717, 1.165) is 24.0 Å². The number of para-hydroxylation sites is 2. The normalized spacial score (nSPS) is 21.0. The van der Waals surface area contributed by atoms with Gasteiger partial charge in [-0.05, 0) is 46.7 Å². The molecule has 0 saturated heterocycles. The van der Waals surface area contributed by atoms with Crippen LogP contribution >= 0.6 is 0 Å². The summed E-state index contributed by atoms with van der Waals surface area (Å²) in [7, 11) is 0. The van der Waals surface area contributed by atoms with Crippen LogP contribution in [0, 0.1) is 5.92 Å². The molecule has 4 aromatic rings. The number of imidazole rings is 1. The number of carbonyl (C=O) groups is 1. The van der Waals surface area contributed by atoms with Crippen molar-refractivity contribution in [1.82, 2.24) is 14.9 Å². The molecule has 0 radical (unpaired) electrons. The fourth-order valence-electron chi connectivity index (χ4n) is 5.70. The molecule has 0 saturated carbocycles. The number of fused-ring (bicyclic) bond motifs is 2. The number of hydrogen-bond donors (Lipinski definition) is 1. The summed E-state index contributed by atoms with van der Waals surface area (Å²) in [6.45, 7) is 1.38. The quantitative estimate of drug-likeness (QED) is 0.515. The Morgan fingerprint density at radius 1 is 0.903 bits per heavy atom. The maximum atomic E-state index is 12.7. The fourth-order valence-corrected chi connectivity index (χ4v) is 5.70. The first-order valence-electron chi connectivity index (χ1n) is 11.1. The minimum atomic E-state index is 0.112. The van der Waals surface area contributed by atoms with Gasteiger partial charge in [0.05, 0.1) is 17.4 Å². The number of hydrogen-bond acceptors (Lipinski definition) is 2. The number of carbonyl (C=O) groups excluding carboxylic acids is 1. The van der Waals surface area contributed by atoms with Gasteiger partial charge in [-0.3, -0.25) is 4.79 Å². The van der Waals surface area contributed by atoms with Crippen LogP contribution in [0.4, 0.5) is 0 Å². The van der Waals surface area contributed by atoms with E-state index in [0.29, 0.717) is 30.7 Å². The first kappa shape index (κ1) is 18.4. The summed E-state index contributed by atoms with van der Waals surface area (Å²) in [6, 6.07) is 25.8. The number of benzene rings is 3. The predicted molar refractivity (Wildman–Crippen MR) is 122 cm³/mol. The minimum Gasteiger partial charge on any atom is -0.356 e. The van der Waals surface area contributed by atoms with Gasteiger partial charge in [-0.2, -0.15) is 0 Å². The lowest BCUT2D eigenvalue weighted by Crippen LogP contribution is -2.39. The van der Waals surface area contributed by atoms with E-state index in [1.54, 1.807) is 0 Å². The van der Waals surface area contributed by atoms with Gasteiger partial charge in [0.25, 0.3) is 0 Å². The standard InChI is InChI=1S/C27H25N3O/c31-26(13-14-30-17-29-24-11-5-6-12-25(24)30)28-16-18-15-23-19-7-1-3-9-21(19)27(18)22-10-4-2-8-20(22)23/h1-12,17-18,23,27H,13-16H2,(H,28,31). The molecule has 1 N–H and O–H groups in total. The first-order valence-corrected chi connectivity index (χ1v) is 11.1. The van der Waals surface area contributed by atoms with Crippen LogP contribution in [-0.2, 0) is 11.3 Å². The van der Waals surface area contributed by atoms with Crippen LogP contribution in [-0.4, -0.2) is 22.0 Å². The first-order chi connectivity index (χ1) is 15.3. The van der Waals surface area contributed by atoms with Crippen molar-refractivity contribution in [2.24, 2.45) is 5.92 Å². The summed E-state index contributed by atoms with van der Waals surface area (Å²) < 4.78 is 2.06. The van der Waals surface area contributed by atoms with E-state index in [9.17, 15) is 4.79 Å². The predicted octanol–water partition coefficient (Wildman–Crippen LogP) is 4.84.